The Kier molecular flexibility index (Phi) is 3.40. The molecule has 0 radical (unpaired) electrons. The predicted molar refractivity (Wildman–Crippen MR) is 70.2 cm³/mol. The van der Waals surface area contributed by atoms with E-state index in [9.17, 15) is 9.90 Å². The second-order valence-electron chi connectivity index (χ2n) is 4.80. The summed E-state index contributed by atoms with van der Waals surface area (Å²) in [5.41, 5.74) is 0.928. The van der Waals surface area contributed by atoms with E-state index in [-0.39, 0.29) is 6.54 Å². The average Bonchev–Trinajstić information content (AvgIpc) is 2.38. The Labute approximate surface area is 107 Å². The van der Waals surface area contributed by atoms with Gasteiger partial charge in [-0.15, -0.1) is 6.42 Å². The van der Waals surface area contributed by atoms with Crippen LogP contribution in [0.25, 0.3) is 0 Å². The lowest BCUT2D eigenvalue weighted by molar-refractivity contribution is -0.146. The minimum absolute atomic E-state index is 0.259. The van der Waals surface area contributed by atoms with E-state index in [1.807, 2.05) is 24.3 Å². The van der Waals surface area contributed by atoms with Gasteiger partial charge in [0.15, 0.2) is 0 Å². The van der Waals surface area contributed by atoms with Crippen molar-refractivity contribution in [2.75, 3.05) is 6.54 Å². The van der Waals surface area contributed by atoms with E-state index in [0.29, 0.717) is 12.3 Å². The number of carboxylic acid groups (broad SMARTS) is 1. The van der Waals surface area contributed by atoms with E-state index < -0.39 is 11.5 Å². The van der Waals surface area contributed by atoms with Crippen molar-refractivity contribution in [3.05, 3.63) is 35.4 Å². The molecule has 3 nitrogen and oxygen atoms in total. The molecule has 0 aromatic heterocycles. The van der Waals surface area contributed by atoms with Gasteiger partial charge in [-0.1, -0.05) is 37.1 Å². The maximum absolute atomic E-state index is 11.7. The standard InChI is InChI=1S/C15H17NO2/c1-3-10-16-15(14(17)18)9-8-11(2)12-6-4-5-7-13(12)15/h1,4-7,11,16H,8-10H2,2H3,(H,17,18). The van der Waals surface area contributed by atoms with E-state index in [0.717, 1.165) is 17.5 Å². The molecule has 0 saturated carbocycles. The van der Waals surface area contributed by atoms with Crippen LogP contribution in [-0.4, -0.2) is 17.6 Å². The van der Waals surface area contributed by atoms with E-state index >= 15 is 0 Å². The molecule has 0 aliphatic heterocycles. The fourth-order valence-electron chi connectivity index (χ4n) is 2.72. The van der Waals surface area contributed by atoms with Crippen molar-refractivity contribution in [2.24, 2.45) is 0 Å². The molecule has 0 amide bonds. The summed E-state index contributed by atoms with van der Waals surface area (Å²) in [6.07, 6.45) is 6.67. The quantitative estimate of drug-likeness (QED) is 0.799. The van der Waals surface area contributed by atoms with Gasteiger partial charge in [0.1, 0.15) is 5.54 Å². The van der Waals surface area contributed by atoms with Gasteiger partial charge < -0.3 is 5.11 Å². The number of terminal acetylenes is 1. The Bertz CT molecular complexity index is 503. The molecule has 2 N–H and O–H groups in total. The van der Waals surface area contributed by atoms with Crippen LogP contribution < -0.4 is 5.32 Å². The number of aliphatic carboxylic acids is 1. The third-order valence-corrected chi connectivity index (χ3v) is 3.76. The lowest BCUT2D eigenvalue weighted by Gasteiger charge is -2.38. The molecule has 0 heterocycles. The lowest BCUT2D eigenvalue weighted by Crippen LogP contribution is -2.51. The summed E-state index contributed by atoms with van der Waals surface area (Å²) in [6, 6.07) is 7.73. The zero-order valence-corrected chi connectivity index (χ0v) is 10.4. The summed E-state index contributed by atoms with van der Waals surface area (Å²) < 4.78 is 0. The molecule has 1 aliphatic carbocycles. The molecular weight excluding hydrogens is 226 g/mol. The highest BCUT2D eigenvalue weighted by molar-refractivity contribution is 5.82. The van der Waals surface area contributed by atoms with Gasteiger partial charge >= 0.3 is 5.97 Å². The molecule has 0 spiro atoms. The molecular formula is C15H17NO2. The van der Waals surface area contributed by atoms with Crippen molar-refractivity contribution in [2.45, 2.75) is 31.2 Å². The summed E-state index contributed by atoms with van der Waals surface area (Å²) in [4.78, 5) is 11.7. The average molecular weight is 243 g/mol. The monoisotopic (exact) mass is 243 g/mol. The highest BCUT2D eigenvalue weighted by atomic mass is 16.4. The number of hydrogen-bond acceptors (Lipinski definition) is 2. The van der Waals surface area contributed by atoms with Crippen molar-refractivity contribution in [3.8, 4) is 12.3 Å². The summed E-state index contributed by atoms with van der Waals surface area (Å²) in [6.45, 7) is 2.39. The first-order valence-corrected chi connectivity index (χ1v) is 6.13. The number of carbonyl (C=O) groups is 1. The number of carboxylic acids is 1. The highest BCUT2D eigenvalue weighted by Crippen LogP contribution is 2.41. The second kappa shape index (κ2) is 4.83. The van der Waals surface area contributed by atoms with Crippen LogP contribution >= 0.6 is 0 Å². The van der Waals surface area contributed by atoms with Crippen molar-refractivity contribution >= 4 is 5.97 Å². The van der Waals surface area contributed by atoms with Crippen LogP contribution in [0.15, 0.2) is 24.3 Å². The fraction of sp³-hybridized carbons (Fsp3) is 0.400. The van der Waals surface area contributed by atoms with Crippen LogP contribution in [0, 0.1) is 12.3 Å². The zero-order chi connectivity index (χ0) is 13.2. The van der Waals surface area contributed by atoms with Gasteiger partial charge in [0.25, 0.3) is 0 Å². The highest BCUT2D eigenvalue weighted by Gasteiger charge is 2.44. The number of fused-ring (bicyclic) bond motifs is 1. The summed E-state index contributed by atoms with van der Waals surface area (Å²) >= 11 is 0. The molecule has 94 valence electrons. The van der Waals surface area contributed by atoms with E-state index in [1.54, 1.807) is 0 Å². The van der Waals surface area contributed by atoms with Crippen LogP contribution in [0.3, 0.4) is 0 Å². The topological polar surface area (TPSA) is 49.3 Å². The summed E-state index contributed by atoms with van der Waals surface area (Å²) in [5, 5.41) is 12.6. The number of benzene rings is 1. The Morgan fingerprint density at radius 1 is 1.61 bits per heavy atom. The normalized spacial score (nSPS) is 26.1. The Morgan fingerprint density at radius 3 is 3.00 bits per heavy atom. The Balaban J connectivity index is 2.52. The van der Waals surface area contributed by atoms with Crippen LogP contribution in [0.4, 0.5) is 0 Å². The van der Waals surface area contributed by atoms with Crippen molar-refractivity contribution in [1.82, 2.24) is 5.32 Å². The molecule has 1 aliphatic rings. The van der Waals surface area contributed by atoms with Crippen LogP contribution in [0.5, 0.6) is 0 Å². The van der Waals surface area contributed by atoms with Gasteiger partial charge in [-0.2, -0.15) is 0 Å². The second-order valence-corrected chi connectivity index (χ2v) is 4.80. The molecule has 1 aromatic rings. The molecule has 0 saturated heterocycles. The summed E-state index contributed by atoms with van der Waals surface area (Å²) in [7, 11) is 0. The lowest BCUT2D eigenvalue weighted by atomic mass is 9.72. The first-order valence-electron chi connectivity index (χ1n) is 6.13. The molecule has 1 aromatic carbocycles. The smallest absolute Gasteiger partial charge is 0.328 e. The van der Waals surface area contributed by atoms with Gasteiger partial charge in [0.05, 0.1) is 6.54 Å². The molecule has 18 heavy (non-hydrogen) atoms. The van der Waals surface area contributed by atoms with Crippen LogP contribution in [-0.2, 0) is 10.3 Å². The Morgan fingerprint density at radius 2 is 2.33 bits per heavy atom. The molecule has 3 heteroatoms. The molecule has 2 atom stereocenters. The van der Waals surface area contributed by atoms with Gasteiger partial charge in [-0.25, -0.2) is 4.79 Å². The minimum Gasteiger partial charge on any atom is -0.480 e. The SMILES string of the molecule is C#CCNC1(C(=O)O)CCC(C)c2ccccc21. The van der Waals surface area contributed by atoms with E-state index in [2.05, 4.69) is 18.2 Å². The third-order valence-electron chi connectivity index (χ3n) is 3.76. The minimum atomic E-state index is -1.03. The molecule has 0 fully saturated rings. The Hall–Kier alpha value is -1.79. The molecule has 2 unspecified atom stereocenters. The molecule has 0 bridgehead atoms. The predicted octanol–water partition coefficient (Wildman–Crippen LogP) is 2.09. The van der Waals surface area contributed by atoms with Crippen molar-refractivity contribution in [3.63, 3.8) is 0 Å². The van der Waals surface area contributed by atoms with Gasteiger partial charge in [-0.3, -0.25) is 5.32 Å². The van der Waals surface area contributed by atoms with E-state index in [1.165, 1.54) is 0 Å². The molecule has 2 rings (SSSR count). The van der Waals surface area contributed by atoms with Gasteiger partial charge in [0.2, 0.25) is 0 Å². The van der Waals surface area contributed by atoms with Crippen LogP contribution in [0.1, 0.15) is 36.8 Å². The first-order chi connectivity index (χ1) is 8.62. The number of nitrogens with one attached hydrogen (secondary N) is 1. The van der Waals surface area contributed by atoms with E-state index in [4.69, 9.17) is 6.42 Å². The van der Waals surface area contributed by atoms with Gasteiger partial charge in [-0.05, 0) is 29.9 Å². The number of rotatable bonds is 3. The number of hydrogen-bond donors (Lipinski definition) is 2. The third kappa shape index (κ3) is 1.89. The maximum atomic E-state index is 11.7. The first kappa shape index (κ1) is 12.7. The maximum Gasteiger partial charge on any atom is 0.328 e. The summed E-state index contributed by atoms with van der Waals surface area (Å²) in [5.74, 6) is 2.00. The largest absolute Gasteiger partial charge is 0.480 e. The van der Waals surface area contributed by atoms with Gasteiger partial charge in [0, 0.05) is 0 Å². The van der Waals surface area contributed by atoms with Crippen molar-refractivity contribution in [1.29, 1.82) is 0 Å². The van der Waals surface area contributed by atoms with Crippen molar-refractivity contribution < 1.29 is 9.90 Å². The van der Waals surface area contributed by atoms with Crippen LogP contribution in [0.2, 0.25) is 0 Å². The zero-order valence-electron chi connectivity index (χ0n) is 10.4. The fourth-order valence-corrected chi connectivity index (χ4v) is 2.72.